The summed E-state index contributed by atoms with van der Waals surface area (Å²) in [7, 11) is -30.4. The molecule has 0 aromatic heterocycles. The van der Waals surface area contributed by atoms with Crippen molar-refractivity contribution >= 4 is 58.9 Å². The molecule has 0 saturated heterocycles. The fourth-order valence-electron chi connectivity index (χ4n) is 4.00. The number of rotatable bonds is 18. The molecule has 1 rings (SSSR count). The van der Waals surface area contributed by atoms with Gasteiger partial charge in [0.1, 0.15) is 43.2 Å². The second kappa shape index (κ2) is 18.9. The quantitative estimate of drug-likeness (QED) is 0.0355. The van der Waals surface area contributed by atoms with Gasteiger partial charge in [0.2, 0.25) is 0 Å². The topological polar surface area (TPSA) is 467 Å². The van der Waals surface area contributed by atoms with E-state index in [1.54, 1.807) is 6.92 Å². The number of ether oxygens (including phenoxy) is 1. The molecule has 35 heteroatoms. The lowest BCUT2D eigenvalue weighted by Gasteiger charge is -2.48. The Hall–Kier alpha value is -0.440. The number of nitrogens with zero attached hydrogens (tertiary/aromatic N) is 1. The number of esters is 1. The van der Waals surface area contributed by atoms with Crippen LogP contribution >= 0.6 is 46.9 Å². The van der Waals surface area contributed by atoms with E-state index in [0.29, 0.717) is 11.0 Å². The summed E-state index contributed by atoms with van der Waals surface area (Å²) in [5.41, 5.74) is 0. The number of carboxylic acids is 1. The van der Waals surface area contributed by atoms with Gasteiger partial charge in [-0.2, -0.15) is 0 Å². The van der Waals surface area contributed by atoms with Crippen LogP contribution in [0, 0.1) is 0 Å². The van der Waals surface area contributed by atoms with Gasteiger partial charge in [0.15, 0.2) is 6.10 Å². The second-order valence-corrected chi connectivity index (χ2v) is 18.0. The van der Waals surface area contributed by atoms with E-state index in [9.17, 15) is 42.1 Å². The molecule has 51 heavy (non-hydrogen) atoms. The molecule has 0 bridgehead atoms. The zero-order valence-corrected chi connectivity index (χ0v) is 31.6. The molecule has 0 heterocycles. The maximum absolute atomic E-state index is 11.4. The summed E-state index contributed by atoms with van der Waals surface area (Å²) in [5, 5.41) is 10.5. The van der Waals surface area contributed by atoms with Crippen molar-refractivity contribution in [2.24, 2.45) is 0 Å². The highest BCUT2D eigenvalue weighted by atomic mass is 31.2. The van der Waals surface area contributed by atoms with Crippen molar-refractivity contribution < 1.29 is 137 Å². The van der Waals surface area contributed by atoms with Crippen molar-refractivity contribution in [3.63, 3.8) is 0 Å². The van der Waals surface area contributed by atoms with Crippen molar-refractivity contribution in [1.29, 1.82) is 0 Å². The summed E-state index contributed by atoms with van der Waals surface area (Å²) in [4.78, 5) is 131. The molecule has 1 fully saturated rings. The van der Waals surface area contributed by atoms with Crippen LogP contribution in [0.15, 0.2) is 0 Å². The number of carbonyl (C=O) groups is 2. The van der Waals surface area contributed by atoms with Crippen LogP contribution < -0.4 is 5.11 Å². The lowest BCUT2D eigenvalue weighted by Crippen LogP contribution is -2.66. The largest absolute Gasteiger partial charge is 0.550 e. The summed E-state index contributed by atoms with van der Waals surface area (Å²) in [5.74, 6) is -1.58. The van der Waals surface area contributed by atoms with Gasteiger partial charge in [0.05, 0.1) is 21.1 Å². The van der Waals surface area contributed by atoms with Gasteiger partial charge in [-0.15, -0.1) is 0 Å². The molecule has 1 saturated carbocycles. The van der Waals surface area contributed by atoms with E-state index in [0.717, 1.165) is 0 Å². The minimum Gasteiger partial charge on any atom is -0.550 e. The second-order valence-electron chi connectivity index (χ2n) is 10.9. The molecule has 1 atom stereocenters. The number of hydrogen-bond acceptors (Lipinski definition) is 16. The monoisotopic (exact) mass is 877 g/mol. The van der Waals surface area contributed by atoms with E-state index in [4.69, 9.17) is 63.5 Å². The Labute approximate surface area is 286 Å². The number of carbonyl (C=O) groups excluding carboxylic acids is 2. The van der Waals surface area contributed by atoms with E-state index in [-0.39, 0.29) is 18.8 Å². The maximum atomic E-state index is 11.4. The van der Waals surface area contributed by atoms with Gasteiger partial charge >= 0.3 is 52.9 Å². The summed E-state index contributed by atoms with van der Waals surface area (Å²) >= 11 is 0. The van der Waals surface area contributed by atoms with Crippen LogP contribution in [0.2, 0.25) is 0 Å². The molecule has 12 N–H and O–H groups in total. The highest BCUT2D eigenvalue weighted by Crippen LogP contribution is 2.57. The van der Waals surface area contributed by atoms with Crippen LogP contribution in [0.1, 0.15) is 19.8 Å². The smallest absolute Gasteiger partial charge is 0.470 e. The normalized spacial score (nSPS) is 24.6. The molecule has 0 radical (unpaired) electrons. The standard InChI is InChI=1S/C10H19NO4.C6H18O24P6/c1-5-10(14)15-8(6-9(12)13)7-11(2,3)4;7-31(8,9)25-1-2(26-32(10,11)12)4(28-34(16,17)18)6(30-36(22,23)24)5(29-35(19,20)21)3(1)27-33(13,14)15/h8H,5-7H2,1-4H3;1-6H,(H2,7,8,9)(H2,10,11,12)(H2,13,14,15)(H2,16,17,18)(H2,19,20,21)(H2,22,23,24)/t;1-,2-,3-,4+,5-,6-. The maximum Gasteiger partial charge on any atom is 0.470 e. The fourth-order valence-corrected chi connectivity index (χ4v) is 7.34. The lowest BCUT2D eigenvalue weighted by molar-refractivity contribution is -0.873. The summed E-state index contributed by atoms with van der Waals surface area (Å²) < 4.78 is 98.7. The van der Waals surface area contributed by atoms with Crippen molar-refractivity contribution in [3.05, 3.63) is 0 Å². The van der Waals surface area contributed by atoms with Crippen LogP contribution in [0.25, 0.3) is 0 Å². The Balaban J connectivity index is 0.00000139. The number of likely N-dealkylation sites (N-methyl/N-ethyl adjacent to an activating group) is 1. The number of phosphoric acid groups is 6. The Morgan fingerprint density at radius 1 is 0.549 bits per heavy atom. The first-order valence-electron chi connectivity index (χ1n) is 12.9. The Morgan fingerprint density at radius 3 is 0.902 bits per heavy atom. The zero-order chi connectivity index (χ0) is 40.8. The molecule has 0 amide bonds. The molecular formula is C16H37NO28P6. The van der Waals surface area contributed by atoms with Crippen molar-refractivity contribution in [3.8, 4) is 0 Å². The number of hydrogen-bond donors (Lipinski definition) is 12. The highest BCUT2D eigenvalue weighted by molar-refractivity contribution is 7.47. The first kappa shape index (κ1) is 50.6. The highest BCUT2D eigenvalue weighted by Gasteiger charge is 2.62. The molecule has 0 aromatic carbocycles. The third-order valence-corrected chi connectivity index (χ3v) is 8.34. The molecule has 0 aromatic rings. The van der Waals surface area contributed by atoms with Gasteiger partial charge in [-0.3, -0.25) is 31.9 Å². The summed E-state index contributed by atoms with van der Waals surface area (Å²) in [6, 6.07) is 0. The first-order valence-corrected chi connectivity index (χ1v) is 22.1. The third kappa shape index (κ3) is 23.8. The van der Waals surface area contributed by atoms with E-state index in [1.807, 2.05) is 21.1 Å². The summed E-state index contributed by atoms with van der Waals surface area (Å²) in [6.45, 7) is 2.13. The Morgan fingerprint density at radius 2 is 0.765 bits per heavy atom. The number of aliphatic carboxylic acids is 1. The van der Waals surface area contributed by atoms with Gasteiger partial charge in [-0.1, -0.05) is 6.92 Å². The average molecular weight is 877 g/mol. The average Bonchev–Trinajstić information content (AvgIpc) is 2.80. The van der Waals surface area contributed by atoms with Crippen LogP contribution in [-0.2, 0) is 68.9 Å². The first-order chi connectivity index (χ1) is 22.3. The molecule has 0 aliphatic heterocycles. The zero-order valence-electron chi connectivity index (χ0n) is 26.2. The molecule has 304 valence electrons. The van der Waals surface area contributed by atoms with Crippen molar-refractivity contribution in [1.82, 2.24) is 0 Å². The van der Waals surface area contributed by atoms with Gasteiger partial charge in [-0.05, 0) is 0 Å². The minimum atomic E-state index is -6.02. The van der Waals surface area contributed by atoms with Crippen molar-refractivity contribution in [2.45, 2.75) is 62.5 Å². The molecule has 29 nitrogen and oxygen atoms in total. The van der Waals surface area contributed by atoms with Crippen LogP contribution in [0.4, 0.5) is 0 Å². The Bertz CT molecular complexity index is 1230. The molecule has 1 unspecified atom stereocenters. The van der Waals surface area contributed by atoms with Gasteiger partial charge < -0.3 is 77.8 Å². The predicted molar refractivity (Wildman–Crippen MR) is 154 cm³/mol. The molecule has 1 aliphatic rings. The van der Waals surface area contributed by atoms with Gasteiger partial charge in [0, 0.05) is 18.8 Å². The lowest BCUT2D eigenvalue weighted by atomic mass is 9.85. The molecule has 1 aliphatic carbocycles. The number of carboxylic acid groups (broad SMARTS) is 1. The van der Waals surface area contributed by atoms with Crippen LogP contribution in [0.3, 0.4) is 0 Å². The Kier molecular flexibility index (Phi) is 18.8. The number of quaternary nitrogens is 1. The van der Waals surface area contributed by atoms with E-state index >= 15 is 0 Å². The fraction of sp³-hybridized carbons (Fsp3) is 0.875. The van der Waals surface area contributed by atoms with E-state index < -0.39 is 95.6 Å². The van der Waals surface area contributed by atoms with Crippen LogP contribution in [-0.4, -0.2) is 146 Å². The van der Waals surface area contributed by atoms with E-state index in [2.05, 4.69) is 27.1 Å². The SMILES string of the molecule is CCC(=O)OC(CC(=O)[O-])C[N+](C)(C)C.O=P(O)(O)O[C@H]1[C@H](OP(=O)(O)O)[C@@H](OP(=O)(O)O)[C@H](OP(=O)(O)O)[C@@H](OP(=O)(O)O)[C@H]1OP(=O)(O)O. The van der Waals surface area contributed by atoms with Gasteiger partial charge in [0.25, 0.3) is 0 Å². The van der Waals surface area contributed by atoms with Gasteiger partial charge in [-0.25, -0.2) is 27.4 Å². The van der Waals surface area contributed by atoms with Crippen LogP contribution in [0.5, 0.6) is 0 Å². The minimum absolute atomic E-state index is 0.249. The molecule has 0 spiro atoms. The summed E-state index contributed by atoms with van der Waals surface area (Å²) in [6.07, 6.45) is -19.5. The van der Waals surface area contributed by atoms with E-state index in [1.165, 1.54) is 0 Å². The predicted octanol–water partition coefficient (Wildman–Crippen LogP) is -3.98. The number of phosphoric ester groups is 6. The van der Waals surface area contributed by atoms with Crippen molar-refractivity contribution in [2.75, 3.05) is 27.7 Å². The molecular weight excluding hydrogens is 840 g/mol. The third-order valence-electron chi connectivity index (χ3n) is 5.23.